The van der Waals surface area contributed by atoms with Crippen LogP contribution >= 0.6 is 11.6 Å². The smallest absolute Gasteiger partial charge is 0.232 e. The van der Waals surface area contributed by atoms with Gasteiger partial charge in [0.25, 0.3) is 0 Å². The Bertz CT molecular complexity index is 1450. The van der Waals surface area contributed by atoms with E-state index in [0.717, 1.165) is 17.5 Å². The van der Waals surface area contributed by atoms with Crippen LogP contribution in [-0.2, 0) is 10.0 Å². The van der Waals surface area contributed by atoms with Gasteiger partial charge in [-0.1, -0.05) is 54.9 Å². The van der Waals surface area contributed by atoms with E-state index in [1.165, 1.54) is 10.6 Å². The van der Waals surface area contributed by atoms with Crippen molar-refractivity contribution in [1.29, 1.82) is 0 Å². The van der Waals surface area contributed by atoms with Crippen molar-refractivity contribution in [3.05, 3.63) is 88.9 Å². The Balaban J connectivity index is 1.78. The van der Waals surface area contributed by atoms with Gasteiger partial charge in [0.1, 0.15) is 0 Å². The third kappa shape index (κ3) is 5.67. The van der Waals surface area contributed by atoms with Gasteiger partial charge in [-0.15, -0.1) is 0 Å². The molecule has 0 spiro atoms. The Hall–Kier alpha value is -3.33. The molecule has 3 N–H and O–H groups in total. The van der Waals surface area contributed by atoms with Crippen LogP contribution < -0.4 is 9.62 Å². The van der Waals surface area contributed by atoms with Crippen molar-refractivity contribution >= 4 is 49.6 Å². The molecular weight excluding hydrogens is 484 g/mol. The maximum Gasteiger partial charge on any atom is 0.232 e. The van der Waals surface area contributed by atoms with Gasteiger partial charge in [0, 0.05) is 29.1 Å². The Morgan fingerprint density at radius 1 is 1.09 bits per heavy atom. The van der Waals surface area contributed by atoms with Gasteiger partial charge in [0.2, 0.25) is 10.0 Å². The first-order valence-electron chi connectivity index (χ1n) is 11.2. The van der Waals surface area contributed by atoms with Gasteiger partial charge >= 0.3 is 0 Å². The lowest BCUT2D eigenvalue weighted by molar-refractivity contribution is 0.457. The predicted molar refractivity (Wildman–Crippen MR) is 144 cm³/mol. The maximum atomic E-state index is 12.3. The highest BCUT2D eigenvalue weighted by Gasteiger charge is 2.20. The highest BCUT2D eigenvalue weighted by molar-refractivity contribution is 7.92. The maximum absolute atomic E-state index is 12.3. The number of aromatic hydroxyl groups is 1. The first-order chi connectivity index (χ1) is 16.8. The molecule has 4 rings (SSSR count). The largest absolute Gasteiger partial charge is 0.494 e. The number of likely N-dealkylation sites (N-methyl/N-ethyl adjacent to an activating group) is 1. The SMILES string of the molecule is CCNCCN(c1ccc(N=C(c2ccccc2)c2c(O)[nH]c3cc(Cl)ccc23)cc1)S(C)(=O)=O. The summed E-state index contributed by atoms with van der Waals surface area (Å²) < 4.78 is 26.1. The standard InChI is InChI=1S/C26H27ClN4O3S/c1-3-28-15-16-31(35(2,33)34)21-12-10-20(11-13-21)29-25(18-7-5-4-6-8-18)24-22-14-9-19(27)17-23(22)30-26(24)32/h4-14,17,28,30,32H,3,15-16H2,1-2H3. The van der Waals surface area contributed by atoms with Crippen molar-refractivity contribution < 1.29 is 13.5 Å². The van der Waals surface area contributed by atoms with Crippen molar-refractivity contribution in [3.63, 3.8) is 0 Å². The van der Waals surface area contributed by atoms with Crippen molar-refractivity contribution in [2.45, 2.75) is 6.92 Å². The number of hydrogen-bond acceptors (Lipinski definition) is 5. The Kier molecular flexibility index (Phi) is 7.45. The highest BCUT2D eigenvalue weighted by Crippen LogP contribution is 2.33. The van der Waals surface area contributed by atoms with Crippen LogP contribution in [0.15, 0.2) is 77.8 Å². The number of aromatic nitrogens is 1. The lowest BCUT2D eigenvalue weighted by Crippen LogP contribution is -2.36. The summed E-state index contributed by atoms with van der Waals surface area (Å²) in [6, 6.07) is 22.0. The number of anilines is 1. The van der Waals surface area contributed by atoms with Crippen LogP contribution in [0.4, 0.5) is 11.4 Å². The van der Waals surface area contributed by atoms with Crippen LogP contribution in [0.2, 0.25) is 5.02 Å². The summed E-state index contributed by atoms with van der Waals surface area (Å²) in [6.07, 6.45) is 1.20. The number of aliphatic imine (C=N–C) groups is 1. The summed E-state index contributed by atoms with van der Waals surface area (Å²) in [5.41, 5.74) is 3.86. The molecule has 0 saturated heterocycles. The van der Waals surface area contributed by atoms with E-state index in [1.807, 2.05) is 43.3 Å². The molecule has 1 aromatic heterocycles. The molecule has 0 aliphatic carbocycles. The molecule has 0 aliphatic heterocycles. The molecule has 3 aromatic carbocycles. The molecule has 0 bridgehead atoms. The zero-order chi connectivity index (χ0) is 25.0. The van der Waals surface area contributed by atoms with Crippen molar-refractivity contribution in [2.24, 2.45) is 4.99 Å². The molecule has 182 valence electrons. The van der Waals surface area contributed by atoms with E-state index in [-0.39, 0.29) is 5.88 Å². The molecule has 0 radical (unpaired) electrons. The minimum absolute atomic E-state index is 0.00633. The van der Waals surface area contributed by atoms with Crippen LogP contribution in [0.1, 0.15) is 18.1 Å². The number of halogens is 1. The Morgan fingerprint density at radius 2 is 1.80 bits per heavy atom. The molecule has 0 saturated carbocycles. The molecular formula is C26H27ClN4O3S. The van der Waals surface area contributed by atoms with Gasteiger partial charge in [0.15, 0.2) is 5.88 Å². The minimum Gasteiger partial charge on any atom is -0.494 e. The van der Waals surface area contributed by atoms with Crippen LogP contribution in [-0.4, -0.2) is 50.1 Å². The second-order valence-corrected chi connectivity index (χ2v) is 10.4. The molecule has 0 atom stereocenters. The second kappa shape index (κ2) is 10.5. The monoisotopic (exact) mass is 510 g/mol. The van der Waals surface area contributed by atoms with Gasteiger partial charge in [-0.05, 0) is 42.9 Å². The molecule has 4 aromatic rings. The fourth-order valence-corrected chi connectivity index (χ4v) is 5.02. The molecule has 0 aliphatic rings. The third-order valence-electron chi connectivity index (χ3n) is 5.55. The average molecular weight is 511 g/mol. The zero-order valence-corrected chi connectivity index (χ0v) is 21.1. The molecule has 35 heavy (non-hydrogen) atoms. The van der Waals surface area contributed by atoms with Crippen LogP contribution in [0.25, 0.3) is 10.9 Å². The summed E-state index contributed by atoms with van der Waals surface area (Å²) in [4.78, 5) is 7.85. The molecule has 7 nitrogen and oxygen atoms in total. The quantitative estimate of drug-likeness (QED) is 0.216. The minimum atomic E-state index is -3.44. The lowest BCUT2D eigenvalue weighted by Gasteiger charge is -2.22. The van der Waals surface area contributed by atoms with Gasteiger partial charge in [-0.2, -0.15) is 0 Å². The fraction of sp³-hybridized carbons (Fsp3) is 0.192. The van der Waals surface area contributed by atoms with Crippen LogP contribution in [0.5, 0.6) is 5.88 Å². The fourth-order valence-electron chi connectivity index (χ4n) is 3.92. The van der Waals surface area contributed by atoms with Crippen molar-refractivity contribution in [2.75, 3.05) is 30.2 Å². The first kappa shape index (κ1) is 24.8. The predicted octanol–water partition coefficient (Wildman–Crippen LogP) is 5.07. The Morgan fingerprint density at radius 3 is 2.46 bits per heavy atom. The molecule has 0 amide bonds. The zero-order valence-electron chi connectivity index (χ0n) is 19.5. The summed E-state index contributed by atoms with van der Waals surface area (Å²) in [5.74, 6) is -0.00633. The van der Waals surface area contributed by atoms with E-state index in [4.69, 9.17) is 16.6 Å². The van der Waals surface area contributed by atoms with E-state index in [1.54, 1.807) is 36.4 Å². The van der Waals surface area contributed by atoms with Crippen LogP contribution in [0.3, 0.4) is 0 Å². The highest BCUT2D eigenvalue weighted by atomic mass is 35.5. The van der Waals surface area contributed by atoms with E-state index in [9.17, 15) is 13.5 Å². The number of rotatable bonds is 9. The molecule has 0 fully saturated rings. The van der Waals surface area contributed by atoms with Crippen LogP contribution in [0, 0.1) is 0 Å². The number of sulfonamides is 1. The summed E-state index contributed by atoms with van der Waals surface area (Å²) >= 11 is 6.14. The molecule has 0 unspecified atom stereocenters. The lowest BCUT2D eigenvalue weighted by atomic mass is 10.0. The van der Waals surface area contributed by atoms with Crippen molar-refractivity contribution in [3.8, 4) is 5.88 Å². The number of nitrogens with zero attached hydrogens (tertiary/aromatic N) is 2. The number of hydrogen-bond donors (Lipinski definition) is 3. The third-order valence-corrected chi connectivity index (χ3v) is 6.97. The van der Waals surface area contributed by atoms with E-state index in [0.29, 0.717) is 46.3 Å². The second-order valence-electron chi connectivity index (χ2n) is 8.07. The van der Waals surface area contributed by atoms with Gasteiger partial charge < -0.3 is 15.4 Å². The number of benzene rings is 3. The van der Waals surface area contributed by atoms with Gasteiger partial charge in [-0.25, -0.2) is 13.4 Å². The van der Waals surface area contributed by atoms with E-state index in [2.05, 4.69) is 10.3 Å². The van der Waals surface area contributed by atoms with E-state index < -0.39 is 10.0 Å². The van der Waals surface area contributed by atoms with E-state index >= 15 is 0 Å². The number of H-pyrrole nitrogens is 1. The van der Waals surface area contributed by atoms with Gasteiger partial charge in [-0.3, -0.25) is 4.31 Å². The topological polar surface area (TPSA) is 97.8 Å². The number of aromatic amines is 1. The molecule has 1 heterocycles. The summed E-state index contributed by atoms with van der Waals surface area (Å²) in [6.45, 7) is 3.62. The average Bonchev–Trinajstić information content (AvgIpc) is 3.15. The first-order valence-corrected chi connectivity index (χ1v) is 13.4. The number of nitrogens with one attached hydrogen (secondary N) is 2. The van der Waals surface area contributed by atoms with Crippen molar-refractivity contribution in [1.82, 2.24) is 10.3 Å². The van der Waals surface area contributed by atoms with Gasteiger partial charge in [0.05, 0.1) is 34.4 Å². The normalized spacial score (nSPS) is 12.3. The summed E-state index contributed by atoms with van der Waals surface area (Å²) in [5, 5.41) is 15.3. The Labute approximate surface area is 210 Å². The molecule has 9 heteroatoms. The number of fused-ring (bicyclic) bond motifs is 1. The summed E-state index contributed by atoms with van der Waals surface area (Å²) in [7, 11) is -3.44.